The number of carboxylic acids is 1. The highest BCUT2D eigenvalue weighted by Crippen LogP contribution is 2.14. The summed E-state index contributed by atoms with van der Waals surface area (Å²) >= 11 is 0. The zero-order valence-corrected chi connectivity index (χ0v) is 14.4. The van der Waals surface area contributed by atoms with Crippen LogP contribution < -0.4 is 4.90 Å². The fourth-order valence-electron chi connectivity index (χ4n) is 2.93. The average molecular weight is 334 g/mol. The molecule has 2 rings (SSSR count). The molecule has 1 aliphatic heterocycles. The fraction of sp³-hybridized carbons (Fsp3) is 0.588. The molecular formula is C17H26N4O3. The quantitative estimate of drug-likeness (QED) is 0.841. The first kappa shape index (κ1) is 18.2. The van der Waals surface area contributed by atoms with Crippen LogP contribution >= 0.6 is 0 Å². The molecule has 132 valence electrons. The molecule has 0 saturated carbocycles. The second kappa shape index (κ2) is 8.63. The Kier molecular flexibility index (Phi) is 6.54. The van der Waals surface area contributed by atoms with Crippen molar-refractivity contribution < 1.29 is 14.7 Å². The van der Waals surface area contributed by atoms with Crippen molar-refractivity contribution >= 4 is 17.7 Å². The van der Waals surface area contributed by atoms with Gasteiger partial charge in [0.15, 0.2) is 0 Å². The van der Waals surface area contributed by atoms with Crippen molar-refractivity contribution in [2.45, 2.75) is 20.3 Å². The van der Waals surface area contributed by atoms with Gasteiger partial charge < -0.3 is 14.9 Å². The summed E-state index contributed by atoms with van der Waals surface area (Å²) in [6.45, 7) is 9.27. The topological polar surface area (TPSA) is 77.0 Å². The van der Waals surface area contributed by atoms with Crippen LogP contribution in [0.15, 0.2) is 18.3 Å². The van der Waals surface area contributed by atoms with Gasteiger partial charge >= 0.3 is 5.97 Å². The number of hydrogen-bond acceptors (Lipinski definition) is 5. The van der Waals surface area contributed by atoms with Gasteiger partial charge in [-0.15, -0.1) is 0 Å². The SMILES string of the molecule is CCN(CC)C(=O)CN1CCCN(c2ccc(C(=O)O)cn2)CC1. The molecule has 1 aromatic rings. The number of carbonyl (C=O) groups excluding carboxylic acids is 1. The summed E-state index contributed by atoms with van der Waals surface area (Å²) in [7, 11) is 0. The van der Waals surface area contributed by atoms with E-state index in [2.05, 4.69) is 14.8 Å². The molecule has 1 aliphatic rings. The van der Waals surface area contributed by atoms with Gasteiger partial charge in [0.1, 0.15) is 5.82 Å². The van der Waals surface area contributed by atoms with Crippen LogP contribution in [0.4, 0.5) is 5.82 Å². The van der Waals surface area contributed by atoms with E-state index in [1.807, 2.05) is 18.7 Å². The van der Waals surface area contributed by atoms with Crippen LogP contribution in [-0.2, 0) is 4.79 Å². The lowest BCUT2D eigenvalue weighted by Crippen LogP contribution is -2.41. The van der Waals surface area contributed by atoms with E-state index >= 15 is 0 Å². The highest BCUT2D eigenvalue weighted by Gasteiger charge is 2.20. The number of anilines is 1. The number of pyridine rings is 1. The van der Waals surface area contributed by atoms with E-state index in [-0.39, 0.29) is 11.5 Å². The summed E-state index contributed by atoms with van der Waals surface area (Å²) in [4.78, 5) is 33.6. The van der Waals surface area contributed by atoms with Crippen molar-refractivity contribution in [1.82, 2.24) is 14.8 Å². The number of likely N-dealkylation sites (N-methyl/N-ethyl adjacent to an activating group) is 1. The third-order valence-corrected chi connectivity index (χ3v) is 4.38. The van der Waals surface area contributed by atoms with Gasteiger partial charge in [0.05, 0.1) is 12.1 Å². The van der Waals surface area contributed by atoms with E-state index < -0.39 is 5.97 Å². The minimum absolute atomic E-state index is 0.178. The van der Waals surface area contributed by atoms with Crippen molar-refractivity contribution in [3.63, 3.8) is 0 Å². The van der Waals surface area contributed by atoms with Crippen molar-refractivity contribution in [3.05, 3.63) is 23.9 Å². The van der Waals surface area contributed by atoms with Gasteiger partial charge in [0.25, 0.3) is 0 Å². The summed E-state index contributed by atoms with van der Waals surface area (Å²) in [6, 6.07) is 3.33. The van der Waals surface area contributed by atoms with E-state index in [9.17, 15) is 9.59 Å². The first-order valence-corrected chi connectivity index (χ1v) is 8.49. The summed E-state index contributed by atoms with van der Waals surface area (Å²) in [6.07, 6.45) is 2.35. The van der Waals surface area contributed by atoms with Crippen molar-refractivity contribution in [1.29, 1.82) is 0 Å². The standard InChI is InChI=1S/C17H26N4O3/c1-3-20(4-2)16(22)13-19-8-5-9-21(11-10-19)15-7-6-14(12-18-15)17(23)24/h6-7,12H,3-5,8-11,13H2,1-2H3,(H,23,24). The summed E-state index contributed by atoms with van der Waals surface area (Å²) < 4.78 is 0. The van der Waals surface area contributed by atoms with Crippen molar-refractivity contribution in [2.75, 3.05) is 50.7 Å². The second-order valence-corrected chi connectivity index (χ2v) is 5.89. The van der Waals surface area contributed by atoms with Gasteiger partial charge in [-0.2, -0.15) is 0 Å². The maximum atomic E-state index is 12.2. The Labute approximate surface area is 142 Å². The largest absolute Gasteiger partial charge is 0.478 e. The smallest absolute Gasteiger partial charge is 0.337 e. The molecule has 1 aromatic heterocycles. The number of aromatic carboxylic acids is 1. The number of amides is 1. The monoisotopic (exact) mass is 334 g/mol. The van der Waals surface area contributed by atoms with E-state index in [0.29, 0.717) is 6.54 Å². The van der Waals surface area contributed by atoms with Crippen molar-refractivity contribution in [3.8, 4) is 0 Å². The Bertz CT molecular complexity index is 557. The molecular weight excluding hydrogens is 308 g/mol. The van der Waals surface area contributed by atoms with Gasteiger partial charge in [-0.1, -0.05) is 0 Å². The van der Waals surface area contributed by atoms with Crippen LogP contribution in [0.25, 0.3) is 0 Å². The molecule has 1 saturated heterocycles. The third kappa shape index (κ3) is 4.67. The lowest BCUT2D eigenvalue weighted by Gasteiger charge is -2.25. The van der Waals surface area contributed by atoms with Crippen LogP contribution in [0.1, 0.15) is 30.6 Å². The molecule has 0 radical (unpaired) electrons. The maximum Gasteiger partial charge on any atom is 0.337 e. The lowest BCUT2D eigenvalue weighted by atomic mass is 10.3. The van der Waals surface area contributed by atoms with E-state index in [1.54, 1.807) is 12.1 Å². The Morgan fingerprint density at radius 2 is 1.92 bits per heavy atom. The van der Waals surface area contributed by atoms with Crippen LogP contribution in [0.2, 0.25) is 0 Å². The Morgan fingerprint density at radius 1 is 1.17 bits per heavy atom. The lowest BCUT2D eigenvalue weighted by molar-refractivity contribution is -0.132. The molecule has 7 heteroatoms. The van der Waals surface area contributed by atoms with Gasteiger partial charge in [-0.05, 0) is 32.4 Å². The van der Waals surface area contributed by atoms with E-state index in [0.717, 1.165) is 51.5 Å². The number of hydrogen-bond donors (Lipinski definition) is 1. The third-order valence-electron chi connectivity index (χ3n) is 4.38. The van der Waals surface area contributed by atoms with Crippen molar-refractivity contribution in [2.24, 2.45) is 0 Å². The zero-order valence-electron chi connectivity index (χ0n) is 14.4. The fourth-order valence-corrected chi connectivity index (χ4v) is 2.93. The first-order chi connectivity index (χ1) is 11.5. The molecule has 1 fully saturated rings. The van der Waals surface area contributed by atoms with E-state index in [1.165, 1.54) is 6.20 Å². The molecule has 0 spiro atoms. The molecule has 0 bridgehead atoms. The number of carbonyl (C=O) groups is 2. The number of nitrogens with zero attached hydrogens (tertiary/aromatic N) is 4. The molecule has 1 N–H and O–H groups in total. The Morgan fingerprint density at radius 3 is 2.50 bits per heavy atom. The van der Waals surface area contributed by atoms with E-state index in [4.69, 9.17) is 5.11 Å². The van der Waals surface area contributed by atoms with Gasteiger partial charge in [0.2, 0.25) is 5.91 Å². The van der Waals surface area contributed by atoms with Crippen LogP contribution in [0.5, 0.6) is 0 Å². The predicted octanol–water partition coefficient (Wildman–Crippen LogP) is 1.16. The summed E-state index contributed by atoms with van der Waals surface area (Å²) in [5, 5.41) is 8.94. The zero-order chi connectivity index (χ0) is 17.5. The molecule has 7 nitrogen and oxygen atoms in total. The molecule has 24 heavy (non-hydrogen) atoms. The number of aromatic nitrogens is 1. The first-order valence-electron chi connectivity index (χ1n) is 8.49. The molecule has 0 atom stereocenters. The number of rotatable bonds is 6. The summed E-state index contributed by atoms with van der Waals surface area (Å²) in [5.74, 6) is 0.000289. The Hall–Kier alpha value is -2.15. The normalized spacial score (nSPS) is 15.8. The molecule has 0 aliphatic carbocycles. The number of carboxylic acid groups (broad SMARTS) is 1. The van der Waals surface area contributed by atoms with Crippen LogP contribution in [0.3, 0.4) is 0 Å². The highest BCUT2D eigenvalue weighted by atomic mass is 16.4. The molecule has 1 amide bonds. The van der Waals surface area contributed by atoms with Gasteiger partial charge in [-0.25, -0.2) is 9.78 Å². The minimum Gasteiger partial charge on any atom is -0.478 e. The Balaban J connectivity index is 1.92. The van der Waals surface area contributed by atoms with Crippen LogP contribution in [0, 0.1) is 0 Å². The molecule has 0 aromatic carbocycles. The second-order valence-electron chi connectivity index (χ2n) is 5.89. The van der Waals surface area contributed by atoms with Gasteiger partial charge in [0, 0.05) is 45.5 Å². The van der Waals surface area contributed by atoms with Gasteiger partial charge in [-0.3, -0.25) is 9.69 Å². The molecule has 0 unspecified atom stereocenters. The average Bonchev–Trinajstić information content (AvgIpc) is 2.81. The predicted molar refractivity (Wildman–Crippen MR) is 92.4 cm³/mol. The molecule has 2 heterocycles. The minimum atomic E-state index is -0.967. The summed E-state index contributed by atoms with van der Waals surface area (Å²) in [5.41, 5.74) is 0.194. The maximum absolute atomic E-state index is 12.2. The van der Waals surface area contributed by atoms with Crippen LogP contribution in [-0.4, -0.2) is 77.6 Å². The highest BCUT2D eigenvalue weighted by molar-refractivity contribution is 5.87.